The number of hydrogen-bond donors (Lipinski definition) is 0. The van der Waals surface area contributed by atoms with Crippen LogP contribution in [0, 0.1) is 10.1 Å². The summed E-state index contributed by atoms with van der Waals surface area (Å²) in [4.78, 5) is 21.0. The van der Waals surface area contributed by atoms with E-state index in [9.17, 15) is 14.9 Å². The van der Waals surface area contributed by atoms with Crippen molar-refractivity contribution in [2.24, 2.45) is 0 Å². The van der Waals surface area contributed by atoms with Crippen LogP contribution >= 0.6 is 0 Å². The van der Waals surface area contributed by atoms with Gasteiger partial charge >= 0.3 is 5.97 Å². The molecule has 0 aliphatic carbocycles. The Bertz CT molecular complexity index is 638. The van der Waals surface area contributed by atoms with Crippen LogP contribution in [0.25, 0.3) is 0 Å². The van der Waals surface area contributed by atoms with Crippen molar-refractivity contribution in [3.63, 3.8) is 0 Å². The second-order valence-electron chi connectivity index (χ2n) is 4.23. The third-order valence-electron chi connectivity index (χ3n) is 2.60. The molecule has 0 bridgehead atoms. The van der Waals surface area contributed by atoms with Crippen molar-refractivity contribution >= 4 is 11.7 Å². The minimum atomic E-state index is -0.432. The van der Waals surface area contributed by atoms with Crippen LogP contribution in [-0.2, 0) is 11.3 Å². The lowest BCUT2D eigenvalue weighted by Gasteiger charge is -2.01. The molecular formula is C14H13N2O4+. The van der Waals surface area contributed by atoms with Gasteiger partial charge in [-0.1, -0.05) is 0 Å². The molecule has 1 aromatic heterocycles. The first-order valence-electron chi connectivity index (χ1n) is 5.95. The van der Waals surface area contributed by atoms with E-state index >= 15 is 0 Å². The Labute approximate surface area is 115 Å². The van der Waals surface area contributed by atoms with Crippen molar-refractivity contribution in [1.82, 2.24) is 0 Å². The average Bonchev–Trinajstić information content (AvgIpc) is 2.39. The van der Waals surface area contributed by atoms with Gasteiger partial charge in [-0.05, 0) is 18.2 Å². The first-order chi connectivity index (χ1) is 9.54. The van der Waals surface area contributed by atoms with Crippen LogP contribution in [-0.4, -0.2) is 10.9 Å². The molecule has 0 fully saturated rings. The van der Waals surface area contributed by atoms with Crippen LogP contribution in [0.2, 0.25) is 0 Å². The largest absolute Gasteiger partial charge is 0.420 e. The van der Waals surface area contributed by atoms with Gasteiger partial charge in [0.2, 0.25) is 6.20 Å². The van der Waals surface area contributed by atoms with Crippen LogP contribution in [0.5, 0.6) is 5.75 Å². The first-order valence-corrected chi connectivity index (χ1v) is 5.95. The number of carbonyl (C=O) groups excluding carboxylic acids is 1. The summed E-state index contributed by atoms with van der Waals surface area (Å²) in [7, 11) is 0. The Kier molecular flexibility index (Phi) is 4.05. The van der Waals surface area contributed by atoms with E-state index in [1.165, 1.54) is 19.1 Å². The molecule has 0 aliphatic rings. The number of esters is 1. The minimum Gasteiger partial charge on any atom is -0.420 e. The molecule has 1 heterocycles. The van der Waals surface area contributed by atoms with E-state index in [1.807, 2.05) is 10.8 Å². The van der Waals surface area contributed by atoms with E-state index in [0.717, 1.165) is 5.56 Å². The van der Waals surface area contributed by atoms with Gasteiger partial charge in [-0.15, -0.1) is 0 Å². The molecule has 0 unspecified atom stereocenters. The van der Waals surface area contributed by atoms with Crippen LogP contribution in [0.4, 0.5) is 5.69 Å². The highest BCUT2D eigenvalue weighted by atomic mass is 16.6. The third kappa shape index (κ3) is 3.61. The SMILES string of the molecule is CC(=O)Oc1ccc[n+](Cc2ccc([N+](=O)[O-])cc2)c1. The number of nitrogens with zero attached hydrogens (tertiary/aromatic N) is 2. The number of non-ortho nitro benzene ring substituents is 1. The number of pyridine rings is 1. The molecule has 1 aromatic carbocycles. The molecule has 0 N–H and O–H groups in total. The number of carbonyl (C=O) groups is 1. The average molecular weight is 273 g/mol. The van der Waals surface area contributed by atoms with E-state index in [1.54, 1.807) is 30.5 Å². The molecule has 102 valence electrons. The fourth-order valence-electron chi connectivity index (χ4n) is 1.76. The molecule has 0 atom stereocenters. The van der Waals surface area contributed by atoms with Crippen LogP contribution < -0.4 is 9.30 Å². The van der Waals surface area contributed by atoms with Gasteiger partial charge in [0, 0.05) is 30.7 Å². The van der Waals surface area contributed by atoms with Crippen molar-refractivity contribution in [3.8, 4) is 5.75 Å². The molecule has 0 amide bonds. The van der Waals surface area contributed by atoms with Crippen molar-refractivity contribution in [2.45, 2.75) is 13.5 Å². The van der Waals surface area contributed by atoms with E-state index in [-0.39, 0.29) is 11.7 Å². The maximum Gasteiger partial charge on any atom is 0.308 e. The summed E-state index contributed by atoms with van der Waals surface area (Å²) in [6, 6.07) is 9.78. The van der Waals surface area contributed by atoms with Gasteiger partial charge in [0.15, 0.2) is 18.5 Å². The van der Waals surface area contributed by atoms with Crippen LogP contribution in [0.15, 0.2) is 48.8 Å². The lowest BCUT2D eigenvalue weighted by atomic mass is 10.2. The van der Waals surface area contributed by atoms with Gasteiger partial charge in [0.05, 0.1) is 4.92 Å². The Hall–Kier alpha value is -2.76. The Morgan fingerprint density at radius 2 is 2.00 bits per heavy atom. The topological polar surface area (TPSA) is 73.3 Å². The zero-order valence-electron chi connectivity index (χ0n) is 10.9. The number of rotatable bonds is 4. The van der Waals surface area contributed by atoms with Gasteiger partial charge in [-0.25, -0.2) is 0 Å². The third-order valence-corrected chi connectivity index (χ3v) is 2.60. The van der Waals surface area contributed by atoms with Crippen LogP contribution in [0.1, 0.15) is 12.5 Å². The second-order valence-corrected chi connectivity index (χ2v) is 4.23. The summed E-state index contributed by atoms with van der Waals surface area (Å²) in [5.41, 5.74) is 0.980. The quantitative estimate of drug-likeness (QED) is 0.369. The molecule has 2 rings (SSSR count). The summed E-state index contributed by atoms with van der Waals surface area (Å²) >= 11 is 0. The zero-order valence-corrected chi connectivity index (χ0v) is 10.9. The Morgan fingerprint density at radius 3 is 2.60 bits per heavy atom. The molecule has 20 heavy (non-hydrogen) atoms. The zero-order chi connectivity index (χ0) is 14.5. The summed E-state index contributed by atoms with van der Waals surface area (Å²) in [6.45, 7) is 1.88. The lowest BCUT2D eigenvalue weighted by Crippen LogP contribution is -2.33. The summed E-state index contributed by atoms with van der Waals surface area (Å²) in [5.74, 6) is 0.0833. The smallest absolute Gasteiger partial charge is 0.308 e. The standard InChI is InChI=1S/C14H13N2O4/c1-11(17)20-14-3-2-8-15(10-14)9-12-4-6-13(7-5-12)16(18)19/h2-8,10H,9H2,1H3/q+1. The minimum absolute atomic E-state index is 0.0624. The first kappa shape index (κ1) is 13.7. The summed E-state index contributed by atoms with van der Waals surface area (Å²) in [6.07, 6.45) is 3.53. The number of aromatic nitrogens is 1. The van der Waals surface area contributed by atoms with Crippen molar-refractivity contribution in [3.05, 3.63) is 64.5 Å². The monoisotopic (exact) mass is 273 g/mol. The van der Waals surface area contributed by atoms with Crippen molar-refractivity contribution < 1.29 is 19.0 Å². The molecule has 0 spiro atoms. The predicted molar refractivity (Wildman–Crippen MR) is 70.1 cm³/mol. The molecule has 6 heteroatoms. The van der Waals surface area contributed by atoms with E-state index in [2.05, 4.69) is 0 Å². The van der Waals surface area contributed by atoms with E-state index in [0.29, 0.717) is 12.3 Å². The second kappa shape index (κ2) is 5.92. The predicted octanol–water partition coefficient (Wildman–Crippen LogP) is 1.86. The van der Waals surface area contributed by atoms with Gasteiger partial charge in [0.1, 0.15) is 0 Å². The summed E-state index contributed by atoms with van der Waals surface area (Å²) in [5, 5.41) is 10.6. The number of benzene rings is 1. The number of ether oxygens (including phenoxy) is 1. The molecule has 0 saturated heterocycles. The Morgan fingerprint density at radius 1 is 1.30 bits per heavy atom. The van der Waals surface area contributed by atoms with Gasteiger partial charge in [-0.2, -0.15) is 4.57 Å². The fourth-order valence-corrected chi connectivity index (χ4v) is 1.76. The fraction of sp³-hybridized carbons (Fsp3) is 0.143. The molecular weight excluding hydrogens is 260 g/mol. The number of nitro benzene ring substituents is 1. The van der Waals surface area contributed by atoms with Gasteiger partial charge in [0.25, 0.3) is 5.69 Å². The number of nitro groups is 1. The summed E-state index contributed by atoms with van der Waals surface area (Å²) < 4.78 is 6.83. The molecule has 0 aliphatic heterocycles. The van der Waals surface area contributed by atoms with E-state index in [4.69, 9.17) is 4.74 Å². The molecule has 0 saturated carbocycles. The van der Waals surface area contributed by atoms with Crippen LogP contribution in [0.3, 0.4) is 0 Å². The highest BCUT2D eigenvalue weighted by Crippen LogP contribution is 2.12. The Balaban J connectivity index is 2.13. The highest BCUT2D eigenvalue weighted by molar-refractivity contribution is 5.68. The highest BCUT2D eigenvalue weighted by Gasteiger charge is 2.09. The van der Waals surface area contributed by atoms with Crippen molar-refractivity contribution in [2.75, 3.05) is 0 Å². The van der Waals surface area contributed by atoms with Crippen molar-refractivity contribution in [1.29, 1.82) is 0 Å². The lowest BCUT2D eigenvalue weighted by molar-refractivity contribution is -0.688. The maximum absolute atomic E-state index is 10.9. The molecule has 6 nitrogen and oxygen atoms in total. The molecule has 0 radical (unpaired) electrons. The van der Waals surface area contributed by atoms with E-state index < -0.39 is 4.92 Å². The van der Waals surface area contributed by atoms with Gasteiger partial charge in [-0.3, -0.25) is 14.9 Å². The normalized spacial score (nSPS) is 10.1. The molecule has 2 aromatic rings. The van der Waals surface area contributed by atoms with Gasteiger partial charge < -0.3 is 4.74 Å². The maximum atomic E-state index is 10.9. The number of hydrogen-bond acceptors (Lipinski definition) is 4.